The van der Waals surface area contributed by atoms with E-state index in [2.05, 4.69) is 11.6 Å². The summed E-state index contributed by atoms with van der Waals surface area (Å²) < 4.78 is 0. The summed E-state index contributed by atoms with van der Waals surface area (Å²) in [6, 6.07) is 0. The van der Waals surface area contributed by atoms with Gasteiger partial charge in [-0.2, -0.15) is 0 Å². The van der Waals surface area contributed by atoms with Gasteiger partial charge < -0.3 is 0 Å². The molecular weight excluding hydrogens is 76.5 g/mol. The number of hydrogen-bond donors (Lipinski definition) is 0. The van der Waals surface area contributed by atoms with E-state index in [1.54, 1.807) is 0 Å². The largest absolute Gasteiger partial charge is 0.282 e. The highest BCUT2D eigenvalue weighted by Crippen LogP contribution is 1.67. The van der Waals surface area contributed by atoms with Crippen molar-refractivity contribution in [2.45, 2.75) is 6.92 Å². The standard InChI is InChI=1S/C2H3ClO/c1-2(3)4/h1H3/i2+1. The third kappa shape index (κ3) is 1130. The Labute approximate surface area is 29.6 Å². The molecule has 0 heterocycles. The van der Waals surface area contributed by atoms with Gasteiger partial charge in [0.25, 0.3) is 0 Å². The zero-order valence-corrected chi connectivity index (χ0v) is 3.04. The predicted octanol–water partition coefficient (Wildman–Crippen LogP) is 0.772. The van der Waals surface area contributed by atoms with E-state index in [0.29, 0.717) is 0 Å². The molecule has 0 aliphatic carbocycles. The Morgan fingerprint density at radius 1 is 2.00 bits per heavy atom. The lowest BCUT2D eigenvalue weighted by Crippen LogP contribution is -1.62. The summed E-state index contributed by atoms with van der Waals surface area (Å²) in [7, 11) is 0. The fourth-order valence-corrected chi connectivity index (χ4v) is 0. The van der Waals surface area contributed by atoms with Crippen LogP contribution in [-0.2, 0) is 4.79 Å². The molecule has 24 valence electrons. The first kappa shape index (κ1) is 3.96. The molecule has 0 atom stereocenters. The fourth-order valence-electron chi connectivity index (χ4n) is 0. The molecule has 0 saturated heterocycles. The van der Waals surface area contributed by atoms with Gasteiger partial charge in [-0.3, -0.25) is 4.79 Å². The molecule has 2 heteroatoms. The number of hydrogen-bond acceptors (Lipinski definition) is 1. The second-order valence-corrected chi connectivity index (χ2v) is 1.00. The molecule has 0 saturated carbocycles. The van der Waals surface area contributed by atoms with Crippen LogP contribution in [0.3, 0.4) is 0 Å². The van der Waals surface area contributed by atoms with Crippen molar-refractivity contribution in [3.8, 4) is 0 Å². The lowest BCUT2D eigenvalue weighted by Gasteiger charge is -1.52. The molecule has 0 aliphatic rings. The molecule has 0 aromatic heterocycles. The first-order chi connectivity index (χ1) is 1.73. The van der Waals surface area contributed by atoms with Gasteiger partial charge in [-0.05, 0) is 11.6 Å². The van der Waals surface area contributed by atoms with Crippen LogP contribution in [-0.4, -0.2) is 5.24 Å². The van der Waals surface area contributed by atoms with Crippen LogP contribution in [0.1, 0.15) is 6.92 Å². The van der Waals surface area contributed by atoms with Crippen molar-refractivity contribution in [1.29, 1.82) is 0 Å². The summed E-state index contributed by atoms with van der Waals surface area (Å²) in [5, 5.41) is -0.361. The highest BCUT2D eigenvalue weighted by Gasteiger charge is 1.67. The third-order valence-electron chi connectivity index (χ3n) is 0. The molecular formula is C2H3ClO. The summed E-state index contributed by atoms with van der Waals surface area (Å²) in [4.78, 5) is 9.21. The molecule has 0 N–H and O–H groups in total. The molecule has 0 amide bonds. The van der Waals surface area contributed by atoms with Gasteiger partial charge in [-0.15, -0.1) is 0 Å². The Morgan fingerprint density at radius 3 is 2.00 bits per heavy atom. The molecule has 0 bridgehead atoms. The van der Waals surface area contributed by atoms with Gasteiger partial charge >= 0.3 is 0 Å². The molecule has 0 aliphatic heterocycles. The second-order valence-electron chi connectivity index (χ2n) is 0.470. The van der Waals surface area contributed by atoms with Crippen molar-refractivity contribution in [1.82, 2.24) is 0 Å². The fraction of sp³-hybridized carbons (Fsp3) is 0.500. The highest BCUT2D eigenvalue weighted by molar-refractivity contribution is 6.62. The Balaban J connectivity index is 2.80. The average Bonchev–Trinajstić information content (AvgIpc) is 0.811. The molecule has 0 fully saturated rings. The lowest BCUT2D eigenvalue weighted by molar-refractivity contribution is -0.109. The van der Waals surface area contributed by atoms with E-state index in [0.717, 1.165) is 0 Å². The van der Waals surface area contributed by atoms with E-state index in [1.807, 2.05) is 0 Å². The quantitative estimate of drug-likeness (QED) is 0.310. The SMILES string of the molecule is C[13C](=O)Cl. The van der Waals surface area contributed by atoms with E-state index >= 15 is 0 Å². The van der Waals surface area contributed by atoms with Gasteiger partial charge in [0.15, 0.2) is 0 Å². The zero-order valence-electron chi connectivity index (χ0n) is 2.29. The number of carbonyl (C=O) groups excluding carboxylic acids is 1. The molecule has 1 nitrogen and oxygen atoms in total. The first-order valence-electron chi connectivity index (χ1n) is 0.893. The highest BCUT2D eigenvalue weighted by atomic mass is 35.5. The molecule has 0 radical (unpaired) electrons. The van der Waals surface area contributed by atoms with Crippen LogP contribution in [0.2, 0.25) is 0 Å². The van der Waals surface area contributed by atoms with Crippen molar-refractivity contribution in [3.05, 3.63) is 0 Å². The maximum absolute atomic E-state index is 9.21. The molecule has 0 unspecified atom stereocenters. The molecule has 0 rings (SSSR count). The summed E-state index contributed by atoms with van der Waals surface area (Å²) in [5.74, 6) is 0. The molecule has 0 spiro atoms. The predicted molar refractivity (Wildman–Crippen MR) is 16.5 cm³/mol. The van der Waals surface area contributed by atoms with Crippen LogP contribution < -0.4 is 0 Å². The van der Waals surface area contributed by atoms with E-state index in [1.165, 1.54) is 6.92 Å². The first-order valence-corrected chi connectivity index (χ1v) is 1.27. The van der Waals surface area contributed by atoms with Crippen molar-refractivity contribution in [2.24, 2.45) is 0 Å². The van der Waals surface area contributed by atoms with Crippen LogP contribution in [0.25, 0.3) is 0 Å². The summed E-state index contributed by atoms with van der Waals surface area (Å²) in [6.45, 7) is 1.29. The van der Waals surface area contributed by atoms with E-state index in [4.69, 9.17) is 0 Å². The summed E-state index contributed by atoms with van der Waals surface area (Å²) in [5.41, 5.74) is 0. The molecule has 0 aromatic carbocycles. The molecule has 0 aromatic rings. The minimum absolute atomic E-state index is 0.361. The van der Waals surface area contributed by atoms with Crippen LogP contribution >= 0.6 is 11.6 Å². The van der Waals surface area contributed by atoms with Gasteiger partial charge in [0, 0.05) is 6.92 Å². The Kier molecular flexibility index (Phi) is 1.28. The smallest absolute Gasteiger partial charge is 0.218 e. The Hall–Kier alpha value is -0.0400. The van der Waals surface area contributed by atoms with Gasteiger partial charge in [-0.25, -0.2) is 0 Å². The topological polar surface area (TPSA) is 17.1 Å². The van der Waals surface area contributed by atoms with E-state index in [-0.39, 0.29) is 5.24 Å². The number of halogens is 1. The molecule has 4 heavy (non-hydrogen) atoms. The van der Waals surface area contributed by atoms with Crippen molar-refractivity contribution < 1.29 is 4.79 Å². The van der Waals surface area contributed by atoms with Crippen molar-refractivity contribution in [3.63, 3.8) is 0 Å². The summed E-state index contributed by atoms with van der Waals surface area (Å²) in [6.07, 6.45) is 0. The Bertz CT molecular complexity index is 29.0. The lowest BCUT2D eigenvalue weighted by atomic mass is 11.3. The van der Waals surface area contributed by atoms with Crippen LogP contribution in [0, 0.1) is 0 Å². The maximum atomic E-state index is 9.21. The minimum Gasteiger partial charge on any atom is -0.282 e. The van der Waals surface area contributed by atoms with E-state index < -0.39 is 0 Å². The van der Waals surface area contributed by atoms with Gasteiger partial charge in [-0.1, -0.05) is 0 Å². The maximum Gasteiger partial charge on any atom is 0.218 e. The third-order valence-corrected chi connectivity index (χ3v) is 0. The normalized spacial score (nSPS) is 6.50. The van der Waals surface area contributed by atoms with Crippen molar-refractivity contribution >= 4 is 16.8 Å². The van der Waals surface area contributed by atoms with Gasteiger partial charge in [0.1, 0.15) is 0 Å². The van der Waals surface area contributed by atoms with E-state index in [9.17, 15) is 4.79 Å². The second kappa shape index (κ2) is 1.30. The summed E-state index contributed by atoms with van der Waals surface area (Å²) >= 11 is 4.64. The zero-order chi connectivity index (χ0) is 3.58. The Morgan fingerprint density at radius 2 is 2.00 bits per heavy atom. The van der Waals surface area contributed by atoms with Crippen LogP contribution in [0.5, 0.6) is 0 Å². The minimum atomic E-state index is -0.361. The monoisotopic (exact) mass is 79.0 g/mol. The average molecular weight is 79.5 g/mol. The van der Waals surface area contributed by atoms with Crippen LogP contribution in [0.15, 0.2) is 0 Å². The number of rotatable bonds is 0. The number of carbonyl (C=O) groups is 1. The van der Waals surface area contributed by atoms with Gasteiger partial charge in [0.05, 0.1) is 0 Å². The van der Waals surface area contributed by atoms with Gasteiger partial charge in [0.2, 0.25) is 5.24 Å². The van der Waals surface area contributed by atoms with Crippen LogP contribution in [0.4, 0.5) is 0 Å². The van der Waals surface area contributed by atoms with Crippen molar-refractivity contribution in [2.75, 3.05) is 0 Å².